The second-order valence-electron chi connectivity index (χ2n) is 3.18. The molecule has 0 amide bonds. The van der Waals surface area contributed by atoms with Crippen molar-refractivity contribution < 1.29 is 0 Å². The molecule has 0 aromatic rings. The predicted molar refractivity (Wildman–Crippen MR) is 57.3 cm³/mol. The molecular weight excluding hydrogens is 156 g/mol. The molecule has 0 heterocycles. The van der Waals surface area contributed by atoms with E-state index in [2.05, 4.69) is 37.3 Å². The van der Waals surface area contributed by atoms with Crippen molar-refractivity contribution in [1.29, 1.82) is 0 Å². The largest absolute Gasteiger partial charge is 0.0623 e. The summed E-state index contributed by atoms with van der Waals surface area (Å²) in [7, 11) is 0. The fourth-order valence-corrected chi connectivity index (χ4v) is 1.30. The Bertz CT molecular complexity index is 382. The summed E-state index contributed by atoms with van der Waals surface area (Å²) in [6.07, 6.45) is 18.8. The first-order valence-corrected chi connectivity index (χ1v) is 4.49. The summed E-state index contributed by atoms with van der Waals surface area (Å²) in [5.41, 5.74) is 4.08. The van der Waals surface area contributed by atoms with Gasteiger partial charge in [0, 0.05) is 0 Å². The predicted octanol–water partition coefficient (Wildman–Crippen LogP) is 3.48. The topological polar surface area (TPSA) is 0 Å². The molecule has 0 radical (unpaired) electrons. The lowest BCUT2D eigenvalue weighted by atomic mass is 10.2. The highest BCUT2D eigenvalue weighted by Gasteiger charge is 2.15. The van der Waals surface area contributed by atoms with Crippen LogP contribution in [0, 0.1) is 0 Å². The molecule has 0 unspecified atom stereocenters. The third-order valence-corrected chi connectivity index (χ3v) is 2.13. The highest BCUT2D eigenvalue weighted by atomic mass is 14.2. The van der Waals surface area contributed by atoms with Gasteiger partial charge in [-0.15, -0.1) is 0 Å². The van der Waals surface area contributed by atoms with Crippen LogP contribution < -0.4 is 0 Å². The molecule has 0 fully saturated rings. The second kappa shape index (κ2) is 3.44. The van der Waals surface area contributed by atoms with E-state index >= 15 is 0 Å². The molecule has 0 atom stereocenters. The molecular formula is C13H12. The van der Waals surface area contributed by atoms with E-state index in [0.29, 0.717) is 0 Å². The van der Waals surface area contributed by atoms with Crippen LogP contribution >= 0.6 is 0 Å². The normalized spacial score (nSPS) is 19.6. The zero-order valence-electron chi connectivity index (χ0n) is 7.70. The van der Waals surface area contributed by atoms with Gasteiger partial charge >= 0.3 is 0 Å². The van der Waals surface area contributed by atoms with Crippen LogP contribution in [0.3, 0.4) is 0 Å². The molecule has 0 heteroatoms. The molecule has 0 N–H and O–H groups in total. The molecule has 0 saturated heterocycles. The van der Waals surface area contributed by atoms with E-state index in [4.69, 9.17) is 0 Å². The molecule has 0 aromatic carbocycles. The molecule has 2 aliphatic carbocycles. The highest BCUT2D eigenvalue weighted by molar-refractivity contribution is 5.68. The molecule has 0 bridgehead atoms. The van der Waals surface area contributed by atoms with E-state index in [1.54, 1.807) is 0 Å². The van der Waals surface area contributed by atoms with Gasteiger partial charge in [-0.2, -0.15) is 0 Å². The third-order valence-electron chi connectivity index (χ3n) is 2.13. The smallest absolute Gasteiger partial charge is 0.0148 e. The van der Waals surface area contributed by atoms with Gasteiger partial charge in [0.25, 0.3) is 0 Å². The van der Waals surface area contributed by atoms with Gasteiger partial charge in [0.15, 0.2) is 0 Å². The molecule has 0 spiro atoms. The van der Waals surface area contributed by atoms with Crippen molar-refractivity contribution in [3.63, 3.8) is 0 Å². The standard InChI is InChI=1S/C13H12/c1-11-8-6-4-2-3-5-7-9-12-10-13(11)12/h2-10H,1H3. The fourth-order valence-electron chi connectivity index (χ4n) is 1.30. The third kappa shape index (κ3) is 1.97. The molecule has 2 aliphatic rings. The lowest BCUT2D eigenvalue weighted by Gasteiger charge is -1.88. The first-order valence-electron chi connectivity index (χ1n) is 4.49. The van der Waals surface area contributed by atoms with Crippen LogP contribution in [-0.2, 0) is 0 Å². The number of fused-ring (bicyclic) bond motifs is 1. The van der Waals surface area contributed by atoms with Crippen molar-refractivity contribution >= 4 is 0 Å². The number of allylic oxidation sites excluding steroid dienone is 12. The van der Waals surface area contributed by atoms with Crippen LogP contribution in [0.1, 0.15) is 6.92 Å². The Labute approximate surface area is 79.0 Å². The van der Waals surface area contributed by atoms with Crippen molar-refractivity contribution in [2.75, 3.05) is 0 Å². The summed E-state index contributed by atoms with van der Waals surface area (Å²) in [6, 6.07) is 0. The minimum absolute atomic E-state index is 1.34. The van der Waals surface area contributed by atoms with E-state index in [1.807, 2.05) is 24.3 Å². The van der Waals surface area contributed by atoms with Crippen molar-refractivity contribution in [3.05, 3.63) is 71.4 Å². The quantitative estimate of drug-likeness (QED) is 0.519. The zero-order valence-corrected chi connectivity index (χ0v) is 7.70. The Kier molecular flexibility index (Phi) is 2.13. The Morgan fingerprint density at radius 1 is 0.769 bits per heavy atom. The molecule has 0 aliphatic heterocycles. The van der Waals surface area contributed by atoms with Gasteiger partial charge in [0.05, 0.1) is 0 Å². The lowest BCUT2D eigenvalue weighted by Crippen LogP contribution is -1.69. The summed E-state index contributed by atoms with van der Waals surface area (Å²) in [4.78, 5) is 0. The maximum absolute atomic E-state index is 2.20. The number of hydrogen-bond acceptors (Lipinski definition) is 0. The van der Waals surface area contributed by atoms with E-state index in [1.165, 1.54) is 16.7 Å². The average Bonchev–Trinajstić information content (AvgIpc) is 2.87. The Morgan fingerprint density at radius 3 is 2.15 bits per heavy atom. The van der Waals surface area contributed by atoms with Crippen molar-refractivity contribution in [3.8, 4) is 0 Å². The summed E-state index contributed by atoms with van der Waals surface area (Å²) in [5, 5.41) is 0. The van der Waals surface area contributed by atoms with Gasteiger partial charge < -0.3 is 0 Å². The van der Waals surface area contributed by atoms with Crippen molar-refractivity contribution in [2.45, 2.75) is 6.92 Å². The Morgan fingerprint density at radius 2 is 1.38 bits per heavy atom. The molecule has 64 valence electrons. The molecule has 0 aromatic heterocycles. The summed E-state index contributed by atoms with van der Waals surface area (Å²) in [5.74, 6) is 0. The highest BCUT2D eigenvalue weighted by Crippen LogP contribution is 2.34. The summed E-state index contributed by atoms with van der Waals surface area (Å²) >= 11 is 0. The SMILES string of the molecule is CC1=CC=CC=CC=CC=C2C=C12. The first-order chi connectivity index (χ1) is 6.38. The van der Waals surface area contributed by atoms with Gasteiger partial charge in [0.2, 0.25) is 0 Å². The molecule has 0 saturated carbocycles. The Hall–Kier alpha value is -1.56. The maximum atomic E-state index is 2.20. The van der Waals surface area contributed by atoms with Crippen molar-refractivity contribution in [1.82, 2.24) is 0 Å². The zero-order chi connectivity index (χ0) is 9.10. The van der Waals surface area contributed by atoms with Gasteiger partial charge in [0.1, 0.15) is 0 Å². The Balaban J connectivity index is 2.27. The maximum Gasteiger partial charge on any atom is -0.0148 e. The summed E-state index contributed by atoms with van der Waals surface area (Å²) in [6.45, 7) is 2.14. The van der Waals surface area contributed by atoms with Crippen LogP contribution in [0.4, 0.5) is 0 Å². The average molecular weight is 168 g/mol. The van der Waals surface area contributed by atoms with Gasteiger partial charge in [-0.3, -0.25) is 0 Å². The molecule has 13 heavy (non-hydrogen) atoms. The van der Waals surface area contributed by atoms with E-state index in [0.717, 1.165) is 0 Å². The second-order valence-corrected chi connectivity index (χ2v) is 3.18. The van der Waals surface area contributed by atoms with Crippen LogP contribution in [0.15, 0.2) is 71.4 Å². The van der Waals surface area contributed by atoms with E-state index in [9.17, 15) is 0 Å². The number of hydrogen-bond donors (Lipinski definition) is 0. The van der Waals surface area contributed by atoms with Crippen molar-refractivity contribution in [2.24, 2.45) is 0 Å². The molecule has 0 nitrogen and oxygen atoms in total. The van der Waals surface area contributed by atoms with Crippen LogP contribution in [0.5, 0.6) is 0 Å². The minimum atomic E-state index is 1.34. The van der Waals surface area contributed by atoms with Crippen LogP contribution in [-0.4, -0.2) is 0 Å². The van der Waals surface area contributed by atoms with Gasteiger partial charge in [-0.1, -0.05) is 48.6 Å². The lowest BCUT2D eigenvalue weighted by molar-refractivity contribution is 1.49. The van der Waals surface area contributed by atoms with Gasteiger partial charge in [-0.25, -0.2) is 0 Å². The summed E-state index contributed by atoms with van der Waals surface area (Å²) < 4.78 is 0. The van der Waals surface area contributed by atoms with E-state index in [-0.39, 0.29) is 0 Å². The number of rotatable bonds is 0. The van der Waals surface area contributed by atoms with E-state index < -0.39 is 0 Å². The van der Waals surface area contributed by atoms with Crippen LogP contribution in [0.25, 0.3) is 0 Å². The van der Waals surface area contributed by atoms with Crippen LogP contribution in [0.2, 0.25) is 0 Å². The molecule has 2 rings (SSSR count). The van der Waals surface area contributed by atoms with Gasteiger partial charge in [-0.05, 0) is 29.7 Å². The monoisotopic (exact) mass is 168 g/mol. The first kappa shape index (κ1) is 8.06. The fraction of sp³-hybridized carbons (Fsp3) is 0.0769. The minimum Gasteiger partial charge on any atom is -0.0623 e.